The summed E-state index contributed by atoms with van der Waals surface area (Å²) in [5.41, 5.74) is -0.450. The first kappa shape index (κ1) is 20.0. The molecule has 0 aliphatic heterocycles. The van der Waals surface area contributed by atoms with Gasteiger partial charge >= 0.3 is 11.4 Å². The minimum Gasteiger partial charge on any atom is -0.497 e. The summed E-state index contributed by atoms with van der Waals surface area (Å²) in [6.07, 6.45) is 0. The molecule has 0 aromatic heterocycles. The molecule has 28 heavy (non-hydrogen) atoms. The highest BCUT2D eigenvalue weighted by Crippen LogP contribution is 2.38. The quantitative estimate of drug-likeness (QED) is 0.515. The smallest absolute Gasteiger partial charge is 0.324 e. The zero-order valence-electron chi connectivity index (χ0n) is 14.2. The van der Waals surface area contributed by atoms with Gasteiger partial charge in [-0.2, -0.15) is 0 Å². The third kappa shape index (κ3) is 4.85. The van der Waals surface area contributed by atoms with Crippen molar-refractivity contribution in [2.24, 2.45) is 0 Å². The number of hydrogen-bond acceptors (Lipinski definition) is 7. The molecule has 1 N–H and O–H groups in total. The van der Waals surface area contributed by atoms with Gasteiger partial charge in [-0.1, -0.05) is 60.7 Å². The average Bonchev–Trinajstić information content (AvgIpc) is 2.69. The maximum atomic E-state index is 10.4. The van der Waals surface area contributed by atoms with E-state index in [1.165, 1.54) is 11.1 Å². The third-order valence-corrected chi connectivity index (χ3v) is 3.54. The van der Waals surface area contributed by atoms with E-state index in [0.29, 0.717) is 12.1 Å². The van der Waals surface area contributed by atoms with Crippen LogP contribution in [-0.4, -0.2) is 19.9 Å². The van der Waals surface area contributed by atoms with Gasteiger partial charge < -0.3 is 5.11 Å². The van der Waals surface area contributed by atoms with E-state index in [1.54, 1.807) is 0 Å². The lowest BCUT2D eigenvalue weighted by Crippen LogP contribution is -1.97. The Morgan fingerprint density at radius 2 is 0.964 bits per heavy atom. The van der Waals surface area contributed by atoms with Crippen molar-refractivity contribution in [2.75, 3.05) is 0 Å². The van der Waals surface area contributed by atoms with Crippen LogP contribution in [0.3, 0.4) is 0 Å². The molecule has 10 heteroatoms. The van der Waals surface area contributed by atoms with Crippen LogP contribution in [0.15, 0.2) is 72.8 Å². The maximum absolute atomic E-state index is 10.4. The molecule has 0 spiro atoms. The molecule has 0 bridgehead atoms. The normalized spacial score (nSPS) is 9.71. The number of phenolic OH excluding ortho intramolecular Hbond substituents is 1. The van der Waals surface area contributed by atoms with Gasteiger partial charge in [0, 0.05) is 0 Å². The second kappa shape index (κ2) is 8.85. The molecule has 0 amide bonds. The van der Waals surface area contributed by atoms with Gasteiger partial charge in [-0.3, -0.25) is 30.3 Å². The largest absolute Gasteiger partial charge is 0.497 e. The Kier molecular flexibility index (Phi) is 6.31. The number of phenols is 1. The highest BCUT2D eigenvalue weighted by atomic mass is 16.6. The molecule has 3 rings (SSSR count). The zero-order chi connectivity index (χ0) is 20.7. The van der Waals surface area contributed by atoms with E-state index in [2.05, 4.69) is 48.5 Å². The summed E-state index contributed by atoms with van der Waals surface area (Å²) in [4.78, 5) is 27.8. The summed E-state index contributed by atoms with van der Waals surface area (Å²) in [5.74, 6) is -1.21. The van der Waals surface area contributed by atoms with Crippen molar-refractivity contribution < 1.29 is 19.9 Å². The fourth-order valence-electron chi connectivity index (χ4n) is 2.23. The first-order valence-electron chi connectivity index (χ1n) is 7.72. The lowest BCUT2D eigenvalue weighted by atomic mass is 10.1. The van der Waals surface area contributed by atoms with Crippen LogP contribution < -0.4 is 0 Å². The lowest BCUT2D eigenvalue weighted by molar-refractivity contribution is -0.404. The van der Waals surface area contributed by atoms with Gasteiger partial charge in [-0.15, -0.1) is 0 Å². The van der Waals surface area contributed by atoms with Gasteiger partial charge in [0.15, 0.2) is 0 Å². The average molecular weight is 383 g/mol. The molecule has 0 saturated heterocycles. The first-order chi connectivity index (χ1) is 13.3. The molecule has 0 radical (unpaired) electrons. The molecule has 0 aliphatic rings. The van der Waals surface area contributed by atoms with Gasteiger partial charge in [0.1, 0.15) is 0 Å². The minimum absolute atomic E-state index is 0.447. The van der Waals surface area contributed by atoms with Crippen LogP contribution >= 0.6 is 0 Å². The van der Waals surface area contributed by atoms with Gasteiger partial charge in [-0.25, -0.2) is 0 Å². The number of nitrogens with zero attached hydrogens (tertiary/aromatic N) is 3. The molecule has 0 saturated carbocycles. The highest BCUT2D eigenvalue weighted by molar-refractivity contribution is 5.64. The van der Waals surface area contributed by atoms with E-state index >= 15 is 0 Å². The molecule has 0 aliphatic carbocycles. The van der Waals surface area contributed by atoms with Crippen molar-refractivity contribution in [3.05, 3.63) is 103 Å². The summed E-state index contributed by atoms with van der Waals surface area (Å²) < 4.78 is 0. The molecule has 3 aromatic carbocycles. The van der Waals surface area contributed by atoms with Gasteiger partial charge in [0.05, 0.1) is 26.9 Å². The first-order valence-corrected chi connectivity index (χ1v) is 7.72. The zero-order valence-corrected chi connectivity index (χ0v) is 14.2. The van der Waals surface area contributed by atoms with Gasteiger partial charge in [0.2, 0.25) is 0 Å². The summed E-state index contributed by atoms with van der Waals surface area (Å²) in [6.45, 7) is 0. The van der Waals surface area contributed by atoms with E-state index in [0.717, 1.165) is 0 Å². The Morgan fingerprint density at radius 3 is 1.25 bits per heavy atom. The molecular formula is C18H13N3O7. The van der Waals surface area contributed by atoms with E-state index in [1.807, 2.05) is 12.1 Å². The monoisotopic (exact) mass is 383 g/mol. The number of nitro groups is 3. The fraction of sp³-hybridized carbons (Fsp3) is 0. The molecule has 0 atom stereocenters. The standard InChI is InChI=1S/C12H10.C6H3N3O7/c1-3-7-11(8-4-1)12-9-5-2-6-10-12;10-6-4(8(13)14)1-3(7(11)12)2-5(6)9(15)16/h1-10H;1-2,10H. The summed E-state index contributed by atoms with van der Waals surface area (Å²) >= 11 is 0. The van der Waals surface area contributed by atoms with Crippen LogP contribution in [0.25, 0.3) is 11.1 Å². The number of non-ortho nitro benzene ring substituents is 1. The van der Waals surface area contributed by atoms with Crippen LogP contribution in [-0.2, 0) is 0 Å². The number of aromatic hydroxyl groups is 1. The number of nitro benzene ring substituents is 3. The molecular weight excluding hydrogens is 370 g/mol. The van der Waals surface area contributed by atoms with Crippen molar-refractivity contribution in [1.82, 2.24) is 0 Å². The Labute approximate surface area is 157 Å². The van der Waals surface area contributed by atoms with E-state index < -0.39 is 37.6 Å². The van der Waals surface area contributed by atoms with Gasteiger partial charge in [-0.05, 0) is 11.1 Å². The molecule has 142 valence electrons. The van der Waals surface area contributed by atoms with Crippen LogP contribution in [0.4, 0.5) is 17.1 Å². The number of rotatable bonds is 4. The second-order valence-electron chi connectivity index (χ2n) is 5.34. The van der Waals surface area contributed by atoms with Crippen molar-refractivity contribution in [2.45, 2.75) is 0 Å². The van der Waals surface area contributed by atoms with Gasteiger partial charge in [0.25, 0.3) is 11.4 Å². The molecule has 0 unspecified atom stereocenters. The molecule has 0 fully saturated rings. The summed E-state index contributed by atoms with van der Waals surface area (Å²) in [7, 11) is 0. The Balaban J connectivity index is 0.000000207. The van der Waals surface area contributed by atoms with Crippen molar-refractivity contribution in [3.63, 3.8) is 0 Å². The highest BCUT2D eigenvalue weighted by Gasteiger charge is 2.30. The Morgan fingerprint density at radius 1 is 0.607 bits per heavy atom. The van der Waals surface area contributed by atoms with Crippen LogP contribution in [0, 0.1) is 30.3 Å². The van der Waals surface area contributed by atoms with E-state index in [4.69, 9.17) is 5.11 Å². The van der Waals surface area contributed by atoms with E-state index in [-0.39, 0.29) is 0 Å². The van der Waals surface area contributed by atoms with Crippen LogP contribution in [0.1, 0.15) is 0 Å². The predicted octanol–water partition coefficient (Wildman–Crippen LogP) is 4.47. The topological polar surface area (TPSA) is 150 Å². The Bertz CT molecular complexity index is 936. The second-order valence-corrected chi connectivity index (χ2v) is 5.34. The van der Waals surface area contributed by atoms with Crippen LogP contribution in [0.2, 0.25) is 0 Å². The minimum atomic E-state index is -1.21. The third-order valence-electron chi connectivity index (χ3n) is 3.54. The molecule has 10 nitrogen and oxygen atoms in total. The van der Waals surface area contributed by atoms with Crippen molar-refractivity contribution in [1.29, 1.82) is 0 Å². The number of benzene rings is 3. The fourth-order valence-corrected chi connectivity index (χ4v) is 2.23. The summed E-state index contributed by atoms with van der Waals surface area (Å²) in [6, 6.07) is 21.7. The number of hydrogen-bond donors (Lipinski definition) is 1. The lowest BCUT2D eigenvalue weighted by Gasteiger charge is -1.98. The van der Waals surface area contributed by atoms with Crippen molar-refractivity contribution in [3.8, 4) is 16.9 Å². The Hall–Kier alpha value is -4.34. The maximum Gasteiger partial charge on any atom is 0.324 e. The molecule has 0 heterocycles. The predicted molar refractivity (Wildman–Crippen MR) is 99.9 cm³/mol. The SMILES string of the molecule is O=[N+]([O-])c1cc([N+](=O)[O-])c(O)c([N+](=O)[O-])c1.c1ccc(-c2ccccc2)cc1. The van der Waals surface area contributed by atoms with Crippen molar-refractivity contribution >= 4 is 17.1 Å². The van der Waals surface area contributed by atoms with E-state index in [9.17, 15) is 30.3 Å². The van der Waals surface area contributed by atoms with Crippen LogP contribution in [0.5, 0.6) is 5.75 Å². The molecule has 3 aromatic rings. The summed E-state index contributed by atoms with van der Waals surface area (Å²) in [5, 5.41) is 40.2.